The van der Waals surface area contributed by atoms with Crippen molar-refractivity contribution < 1.29 is 4.74 Å². The van der Waals surface area contributed by atoms with Crippen LogP contribution in [0.5, 0.6) is 0 Å². The second-order valence-corrected chi connectivity index (χ2v) is 6.07. The highest BCUT2D eigenvalue weighted by Gasteiger charge is 2.44. The lowest BCUT2D eigenvalue weighted by molar-refractivity contribution is -0.00482. The monoisotopic (exact) mass is 253 g/mol. The molecule has 3 N–H and O–H groups in total. The summed E-state index contributed by atoms with van der Waals surface area (Å²) in [4.78, 5) is 2.53. The Balaban J connectivity index is 1.77. The van der Waals surface area contributed by atoms with E-state index in [9.17, 15) is 0 Å². The number of amidine groups is 1. The van der Waals surface area contributed by atoms with Crippen LogP contribution in [-0.2, 0) is 4.74 Å². The molecule has 4 nitrogen and oxygen atoms in total. The van der Waals surface area contributed by atoms with Crippen LogP contribution in [0.15, 0.2) is 0 Å². The van der Waals surface area contributed by atoms with Crippen molar-refractivity contribution in [1.29, 1.82) is 5.41 Å². The summed E-state index contributed by atoms with van der Waals surface area (Å²) in [5.74, 6) is 0.350. The summed E-state index contributed by atoms with van der Waals surface area (Å²) in [5, 5.41) is 7.47. The van der Waals surface area contributed by atoms with Gasteiger partial charge in [-0.1, -0.05) is 6.92 Å². The average Bonchev–Trinajstić information content (AvgIpc) is 3.05. The first-order valence-electron chi connectivity index (χ1n) is 7.30. The van der Waals surface area contributed by atoms with E-state index in [0.29, 0.717) is 17.4 Å². The van der Waals surface area contributed by atoms with Gasteiger partial charge in [0.05, 0.1) is 11.9 Å². The summed E-state index contributed by atoms with van der Waals surface area (Å²) in [7, 11) is 0. The minimum Gasteiger partial charge on any atom is -0.388 e. The molecule has 0 aromatic heterocycles. The van der Waals surface area contributed by atoms with Gasteiger partial charge in [-0.05, 0) is 44.1 Å². The maximum absolute atomic E-state index is 7.47. The number of hydrogen-bond donors (Lipinski definition) is 2. The number of ether oxygens (including phenoxy) is 1. The second-order valence-electron chi connectivity index (χ2n) is 6.07. The van der Waals surface area contributed by atoms with Gasteiger partial charge in [0.2, 0.25) is 0 Å². The maximum Gasteiger partial charge on any atom is 0.0911 e. The molecule has 2 fully saturated rings. The van der Waals surface area contributed by atoms with Crippen molar-refractivity contribution in [1.82, 2.24) is 4.90 Å². The standard InChI is InChI=1S/C14H27N3O/c1-2-8-18-12-4-3-7-17(10-12)11-14(5-6-14)9-13(15)16/h12H,2-11H2,1H3,(H3,15,16). The first kappa shape index (κ1) is 13.8. The fourth-order valence-electron chi connectivity index (χ4n) is 3.02. The molecule has 1 saturated heterocycles. The van der Waals surface area contributed by atoms with Crippen molar-refractivity contribution in [3.8, 4) is 0 Å². The van der Waals surface area contributed by atoms with Crippen LogP contribution in [0.2, 0.25) is 0 Å². The highest BCUT2D eigenvalue weighted by Crippen LogP contribution is 2.49. The number of piperidine rings is 1. The Hall–Kier alpha value is -0.610. The van der Waals surface area contributed by atoms with Gasteiger partial charge in [-0.2, -0.15) is 0 Å². The number of likely N-dealkylation sites (tertiary alicyclic amines) is 1. The van der Waals surface area contributed by atoms with Gasteiger partial charge in [-0.3, -0.25) is 5.41 Å². The lowest BCUT2D eigenvalue weighted by atomic mass is 9.99. The summed E-state index contributed by atoms with van der Waals surface area (Å²) in [5.41, 5.74) is 5.89. The molecule has 0 spiro atoms. The molecule has 1 atom stereocenters. The molecule has 1 saturated carbocycles. The molecular formula is C14H27N3O. The largest absolute Gasteiger partial charge is 0.388 e. The van der Waals surface area contributed by atoms with Crippen molar-refractivity contribution in [3.05, 3.63) is 0 Å². The van der Waals surface area contributed by atoms with E-state index in [4.69, 9.17) is 15.9 Å². The maximum atomic E-state index is 7.47. The Labute approximate surface area is 110 Å². The Bertz CT molecular complexity index is 289. The highest BCUT2D eigenvalue weighted by molar-refractivity contribution is 5.78. The number of nitrogens with zero attached hydrogens (tertiary/aromatic N) is 1. The van der Waals surface area contributed by atoms with Gasteiger partial charge >= 0.3 is 0 Å². The highest BCUT2D eigenvalue weighted by atomic mass is 16.5. The fraction of sp³-hybridized carbons (Fsp3) is 0.929. The molecule has 18 heavy (non-hydrogen) atoms. The zero-order valence-electron chi connectivity index (χ0n) is 11.6. The van der Waals surface area contributed by atoms with Crippen molar-refractivity contribution in [2.75, 3.05) is 26.2 Å². The molecule has 1 aliphatic carbocycles. The zero-order chi connectivity index (χ0) is 13.0. The Morgan fingerprint density at radius 2 is 2.28 bits per heavy atom. The van der Waals surface area contributed by atoms with E-state index in [1.165, 1.54) is 32.2 Å². The summed E-state index contributed by atoms with van der Waals surface area (Å²) in [6.45, 7) is 6.41. The summed E-state index contributed by atoms with van der Waals surface area (Å²) in [6, 6.07) is 0. The minimum absolute atomic E-state index is 0.332. The van der Waals surface area contributed by atoms with E-state index in [0.717, 1.165) is 32.5 Å². The molecule has 4 heteroatoms. The van der Waals surface area contributed by atoms with Crippen LogP contribution < -0.4 is 5.73 Å². The van der Waals surface area contributed by atoms with Crippen LogP contribution in [-0.4, -0.2) is 43.1 Å². The summed E-state index contributed by atoms with van der Waals surface area (Å²) < 4.78 is 5.87. The molecule has 0 amide bonds. The molecular weight excluding hydrogens is 226 g/mol. The number of nitrogens with one attached hydrogen (secondary N) is 1. The number of rotatable bonds is 7. The SMILES string of the molecule is CCCOC1CCCN(CC2(CC(=N)N)CC2)C1. The molecule has 1 aliphatic heterocycles. The summed E-state index contributed by atoms with van der Waals surface area (Å²) >= 11 is 0. The Morgan fingerprint density at radius 3 is 2.89 bits per heavy atom. The third-order valence-corrected chi connectivity index (χ3v) is 4.10. The Morgan fingerprint density at radius 1 is 1.50 bits per heavy atom. The minimum atomic E-state index is 0.332. The van der Waals surface area contributed by atoms with E-state index in [-0.39, 0.29) is 0 Å². The third kappa shape index (κ3) is 3.95. The van der Waals surface area contributed by atoms with E-state index < -0.39 is 0 Å². The number of hydrogen-bond acceptors (Lipinski definition) is 3. The molecule has 0 radical (unpaired) electrons. The molecule has 0 aromatic carbocycles. The zero-order valence-corrected chi connectivity index (χ0v) is 11.6. The van der Waals surface area contributed by atoms with Gasteiger partial charge in [0.1, 0.15) is 0 Å². The van der Waals surface area contributed by atoms with Crippen LogP contribution >= 0.6 is 0 Å². The smallest absolute Gasteiger partial charge is 0.0911 e. The first-order chi connectivity index (χ1) is 8.63. The number of nitrogens with two attached hydrogens (primary N) is 1. The second kappa shape index (κ2) is 6.02. The van der Waals surface area contributed by atoms with E-state index in [2.05, 4.69) is 11.8 Å². The fourth-order valence-corrected chi connectivity index (χ4v) is 3.02. The van der Waals surface area contributed by atoms with Crippen molar-refractivity contribution in [3.63, 3.8) is 0 Å². The van der Waals surface area contributed by atoms with Gasteiger partial charge in [-0.25, -0.2) is 0 Å². The van der Waals surface area contributed by atoms with Gasteiger partial charge < -0.3 is 15.4 Å². The van der Waals surface area contributed by atoms with E-state index in [1.807, 2.05) is 0 Å². The van der Waals surface area contributed by atoms with Crippen molar-refractivity contribution in [2.45, 2.75) is 51.6 Å². The third-order valence-electron chi connectivity index (χ3n) is 4.10. The van der Waals surface area contributed by atoms with Gasteiger partial charge in [0, 0.05) is 26.1 Å². The molecule has 104 valence electrons. The predicted molar refractivity (Wildman–Crippen MR) is 73.9 cm³/mol. The van der Waals surface area contributed by atoms with Crippen LogP contribution in [0.4, 0.5) is 0 Å². The van der Waals surface area contributed by atoms with Crippen molar-refractivity contribution in [2.24, 2.45) is 11.1 Å². The van der Waals surface area contributed by atoms with Gasteiger partial charge in [-0.15, -0.1) is 0 Å². The Kier molecular flexibility index (Phi) is 4.62. The molecule has 0 aromatic rings. The van der Waals surface area contributed by atoms with Crippen LogP contribution in [0.3, 0.4) is 0 Å². The molecule has 1 heterocycles. The van der Waals surface area contributed by atoms with E-state index >= 15 is 0 Å². The van der Waals surface area contributed by atoms with Crippen LogP contribution in [0.1, 0.15) is 45.4 Å². The van der Waals surface area contributed by atoms with Gasteiger partial charge in [0.25, 0.3) is 0 Å². The molecule has 1 unspecified atom stereocenters. The quantitative estimate of drug-likeness (QED) is 0.539. The molecule has 2 rings (SSSR count). The molecule has 0 bridgehead atoms. The van der Waals surface area contributed by atoms with Crippen LogP contribution in [0, 0.1) is 10.8 Å². The predicted octanol–water partition coefficient (Wildman–Crippen LogP) is 1.98. The average molecular weight is 253 g/mol. The van der Waals surface area contributed by atoms with Gasteiger partial charge in [0.15, 0.2) is 0 Å². The normalized spacial score (nSPS) is 27.1. The first-order valence-corrected chi connectivity index (χ1v) is 7.30. The summed E-state index contributed by atoms with van der Waals surface area (Å²) in [6.07, 6.45) is 7.23. The van der Waals surface area contributed by atoms with Crippen LogP contribution in [0.25, 0.3) is 0 Å². The molecule has 2 aliphatic rings. The topological polar surface area (TPSA) is 62.3 Å². The van der Waals surface area contributed by atoms with E-state index in [1.54, 1.807) is 0 Å². The lowest BCUT2D eigenvalue weighted by Gasteiger charge is -2.35. The van der Waals surface area contributed by atoms with Crippen molar-refractivity contribution >= 4 is 5.84 Å². The lowest BCUT2D eigenvalue weighted by Crippen LogP contribution is -2.43.